The largest absolute Gasteiger partial charge is 0.497 e. The highest BCUT2D eigenvalue weighted by atomic mass is 32.2. The van der Waals surface area contributed by atoms with Gasteiger partial charge < -0.3 is 9.84 Å². The van der Waals surface area contributed by atoms with Crippen molar-refractivity contribution in [3.05, 3.63) is 95.7 Å². The molecule has 0 saturated carbocycles. The first-order valence-corrected chi connectivity index (χ1v) is 12.2. The van der Waals surface area contributed by atoms with Gasteiger partial charge in [0.2, 0.25) is 0 Å². The molecular formula is C27H22N2O5S. The number of ether oxygens (including phenoxy) is 1. The topological polar surface area (TPSA) is 96.8 Å². The van der Waals surface area contributed by atoms with E-state index in [1.54, 1.807) is 37.3 Å². The summed E-state index contributed by atoms with van der Waals surface area (Å²) in [6, 6.07) is 20.5. The summed E-state index contributed by atoms with van der Waals surface area (Å²) < 4.78 is 33.5. The summed E-state index contributed by atoms with van der Waals surface area (Å²) in [6.07, 6.45) is 1.18. The van der Waals surface area contributed by atoms with E-state index in [2.05, 4.69) is 16.8 Å². The van der Waals surface area contributed by atoms with Gasteiger partial charge in [-0.05, 0) is 61.5 Å². The fraction of sp³-hybridized carbons (Fsp3) is 0.111. The van der Waals surface area contributed by atoms with Crippen molar-refractivity contribution in [3.8, 4) is 17.6 Å². The van der Waals surface area contributed by atoms with E-state index in [1.165, 1.54) is 25.4 Å². The SMILES string of the molecule is CCN(c1c(C(=O)O)cnc2ccc(C#Cc3ccccc3)cc12)S(=O)(=O)c1ccc(OC)cc1. The minimum Gasteiger partial charge on any atom is -0.497 e. The Bertz CT molecular complexity index is 1550. The van der Waals surface area contributed by atoms with E-state index in [9.17, 15) is 18.3 Å². The molecule has 0 fully saturated rings. The zero-order valence-corrected chi connectivity index (χ0v) is 19.9. The van der Waals surface area contributed by atoms with Gasteiger partial charge in [-0.15, -0.1) is 0 Å². The lowest BCUT2D eigenvalue weighted by atomic mass is 10.1. The van der Waals surface area contributed by atoms with Crippen LogP contribution in [0.15, 0.2) is 83.9 Å². The average molecular weight is 487 g/mol. The van der Waals surface area contributed by atoms with E-state index in [-0.39, 0.29) is 22.7 Å². The van der Waals surface area contributed by atoms with Crippen LogP contribution in [0.4, 0.5) is 5.69 Å². The lowest BCUT2D eigenvalue weighted by Crippen LogP contribution is -2.32. The number of rotatable bonds is 6. The molecule has 8 heteroatoms. The van der Waals surface area contributed by atoms with Gasteiger partial charge in [0.05, 0.1) is 23.2 Å². The van der Waals surface area contributed by atoms with Gasteiger partial charge in [0.1, 0.15) is 11.3 Å². The molecule has 0 bridgehead atoms. The number of anilines is 1. The Balaban J connectivity index is 1.91. The second-order valence-electron chi connectivity index (χ2n) is 7.52. The monoisotopic (exact) mass is 486 g/mol. The van der Waals surface area contributed by atoms with Crippen molar-refractivity contribution in [1.29, 1.82) is 0 Å². The number of aromatic nitrogens is 1. The Morgan fingerprint density at radius 3 is 2.31 bits per heavy atom. The summed E-state index contributed by atoms with van der Waals surface area (Å²) >= 11 is 0. The Morgan fingerprint density at radius 1 is 1.00 bits per heavy atom. The van der Waals surface area contributed by atoms with Crippen molar-refractivity contribution in [2.24, 2.45) is 0 Å². The third kappa shape index (κ3) is 4.81. The average Bonchev–Trinajstić information content (AvgIpc) is 2.88. The van der Waals surface area contributed by atoms with E-state index < -0.39 is 16.0 Å². The van der Waals surface area contributed by atoms with Gasteiger partial charge in [-0.1, -0.05) is 30.0 Å². The van der Waals surface area contributed by atoms with E-state index in [0.717, 1.165) is 9.87 Å². The van der Waals surface area contributed by atoms with Crippen molar-refractivity contribution in [1.82, 2.24) is 4.98 Å². The van der Waals surface area contributed by atoms with Crippen LogP contribution in [0.2, 0.25) is 0 Å². The summed E-state index contributed by atoms with van der Waals surface area (Å²) in [7, 11) is -2.61. The number of nitrogens with zero attached hydrogens (tertiary/aromatic N) is 2. The number of carboxylic acid groups (broad SMARTS) is 1. The molecule has 0 atom stereocenters. The molecule has 7 nitrogen and oxygen atoms in total. The van der Waals surface area contributed by atoms with Crippen LogP contribution in [0.1, 0.15) is 28.4 Å². The fourth-order valence-corrected chi connectivity index (χ4v) is 5.18. The molecule has 0 amide bonds. The molecule has 1 N–H and O–H groups in total. The first-order valence-electron chi connectivity index (χ1n) is 10.7. The highest BCUT2D eigenvalue weighted by Crippen LogP contribution is 2.34. The Labute approximate surface area is 203 Å². The Hall–Kier alpha value is -4.35. The van der Waals surface area contributed by atoms with Gasteiger partial charge in [-0.25, -0.2) is 13.2 Å². The molecule has 4 aromatic rings. The summed E-state index contributed by atoms with van der Waals surface area (Å²) in [4.78, 5) is 16.4. The summed E-state index contributed by atoms with van der Waals surface area (Å²) in [6.45, 7) is 1.66. The van der Waals surface area contributed by atoms with Crippen LogP contribution in [0.5, 0.6) is 5.75 Å². The molecule has 0 radical (unpaired) electrons. The Kier molecular flexibility index (Phi) is 6.71. The van der Waals surface area contributed by atoms with E-state index in [1.807, 2.05) is 30.3 Å². The van der Waals surface area contributed by atoms with Crippen LogP contribution in [-0.4, -0.2) is 38.1 Å². The molecule has 0 aliphatic heterocycles. The number of aromatic carboxylic acids is 1. The number of benzene rings is 3. The van der Waals surface area contributed by atoms with Crippen molar-refractivity contribution >= 4 is 32.6 Å². The second kappa shape index (κ2) is 9.87. The molecule has 0 spiro atoms. The number of carbonyl (C=O) groups is 1. The lowest BCUT2D eigenvalue weighted by Gasteiger charge is -2.26. The van der Waals surface area contributed by atoms with Crippen molar-refractivity contribution < 1.29 is 23.1 Å². The molecule has 35 heavy (non-hydrogen) atoms. The van der Waals surface area contributed by atoms with E-state index >= 15 is 0 Å². The van der Waals surface area contributed by atoms with Crippen LogP contribution >= 0.6 is 0 Å². The van der Waals surface area contributed by atoms with Gasteiger partial charge in [-0.2, -0.15) is 0 Å². The van der Waals surface area contributed by atoms with E-state index in [4.69, 9.17) is 4.74 Å². The van der Waals surface area contributed by atoms with Crippen molar-refractivity contribution in [2.75, 3.05) is 18.0 Å². The summed E-state index contributed by atoms with van der Waals surface area (Å²) in [5, 5.41) is 10.3. The van der Waals surface area contributed by atoms with Crippen molar-refractivity contribution in [3.63, 3.8) is 0 Å². The lowest BCUT2D eigenvalue weighted by molar-refractivity contribution is 0.0697. The highest BCUT2D eigenvalue weighted by molar-refractivity contribution is 7.92. The van der Waals surface area contributed by atoms with Gasteiger partial charge >= 0.3 is 5.97 Å². The molecule has 3 aromatic carbocycles. The third-order valence-corrected chi connectivity index (χ3v) is 7.27. The van der Waals surface area contributed by atoms with Crippen molar-refractivity contribution in [2.45, 2.75) is 11.8 Å². The number of sulfonamides is 1. The van der Waals surface area contributed by atoms with Crippen LogP contribution < -0.4 is 9.04 Å². The van der Waals surface area contributed by atoms with Gasteiger partial charge in [0, 0.05) is 29.3 Å². The zero-order chi connectivity index (χ0) is 25.0. The molecule has 1 heterocycles. The Morgan fingerprint density at radius 2 is 1.69 bits per heavy atom. The number of pyridine rings is 1. The minimum absolute atomic E-state index is 0.00762. The molecule has 4 rings (SSSR count). The third-order valence-electron chi connectivity index (χ3n) is 5.38. The smallest absolute Gasteiger partial charge is 0.339 e. The molecule has 0 unspecified atom stereocenters. The summed E-state index contributed by atoms with van der Waals surface area (Å²) in [5.41, 5.74) is 1.71. The maximum atomic E-state index is 13.6. The quantitative estimate of drug-likeness (QED) is 0.402. The zero-order valence-electron chi connectivity index (χ0n) is 19.1. The van der Waals surface area contributed by atoms with Crippen LogP contribution in [-0.2, 0) is 10.0 Å². The number of fused-ring (bicyclic) bond motifs is 1. The highest BCUT2D eigenvalue weighted by Gasteiger charge is 2.29. The second-order valence-corrected chi connectivity index (χ2v) is 9.38. The summed E-state index contributed by atoms with van der Waals surface area (Å²) in [5.74, 6) is 5.35. The minimum atomic E-state index is -4.09. The first kappa shape index (κ1) is 23.8. The maximum Gasteiger partial charge on any atom is 0.339 e. The standard InChI is InChI=1S/C27H22N2O5S/c1-3-29(35(32,33)22-14-12-21(34-2)13-15-22)26-23-17-20(10-9-19-7-5-4-6-8-19)11-16-25(23)28-18-24(26)27(30)31/h4-8,11-18H,3H2,1-2H3,(H,30,31). The molecule has 0 aliphatic carbocycles. The molecular weight excluding hydrogens is 464 g/mol. The van der Waals surface area contributed by atoms with Crippen LogP contribution in [0.3, 0.4) is 0 Å². The van der Waals surface area contributed by atoms with Crippen LogP contribution in [0.25, 0.3) is 10.9 Å². The fourth-order valence-electron chi connectivity index (χ4n) is 3.67. The number of hydrogen-bond acceptors (Lipinski definition) is 5. The number of hydrogen-bond donors (Lipinski definition) is 1. The van der Waals surface area contributed by atoms with Gasteiger partial charge in [0.15, 0.2) is 0 Å². The number of carboxylic acids is 1. The van der Waals surface area contributed by atoms with E-state index in [0.29, 0.717) is 22.2 Å². The van der Waals surface area contributed by atoms with Gasteiger partial charge in [-0.3, -0.25) is 9.29 Å². The molecule has 0 saturated heterocycles. The molecule has 176 valence electrons. The molecule has 0 aliphatic rings. The molecule has 1 aromatic heterocycles. The predicted molar refractivity (Wildman–Crippen MR) is 134 cm³/mol. The predicted octanol–water partition coefficient (Wildman–Crippen LogP) is 4.56. The van der Waals surface area contributed by atoms with Crippen LogP contribution in [0, 0.1) is 11.8 Å². The van der Waals surface area contributed by atoms with Gasteiger partial charge in [0.25, 0.3) is 10.0 Å². The number of methoxy groups -OCH3 is 1. The normalized spacial score (nSPS) is 10.9. The maximum absolute atomic E-state index is 13.6. The first-order chi connectivity index (χ1) is 16.8.